The third-order valence-electron chi connectivity index (χ3n) is 4.18. The summed E-state index contributed by atoms with van der Waals surface area (Å²) in [5, 5.41) is 5.32. The minimum Gasteiger partial charge on any atom is -0.351 e. The molecule has 1 N–H and O–H groups in total. The zero-order valence-corrected chi connectivity index (χ0v) is 15.9. The number of rotatable bonds is 7. The van der Waals surface area contributed by atoms with Gasteiger partial charge < -0.3 is 10.2 Å². The van der Waals surface area contributed by atoms with E-state index in [2.05, 4.69) is 49.2 Å². The van der Waals surface area contributed by atoms with E-state index in [1.807, 2.05) is 32.0 Å². The van der Waals surface area contributed by atoms with Crippen molar-refractivity contribution in [3.8, 4) is 0 Å². The molecule has 0 saturated carbocycles. The molecule has 0 aliphatic carbocycles. The number of nitrogens with zero attached hydrogens (tertiary/aromatic N) is 1. The van der Waals surface area contributed by atoms with Crippen LogP contribution in [0.2, 0.25) is 0 Å². The topological polar surface area (TPSA) is 32.3 Å². The molecule has 0 bridgehead atoms. The van der Waals surface area contributed by atoms with Gasteiger partial charge in [-0.1, -0.05) is 58.9 Å². The van der Waals surface area contributed by atoms with E-state index < -0.39 is 0 Å². The molecule has 0 spiro atoms. The molecule has 0 aromatic heterocycles. The molecule has 0 fully saturated rings. The number of aryl methyl sites for hydroxylation is 1. The first-order chi connectivity index (χ1) is 11.7. The monoisotopic (exact) mass is 328 g/mol. The fraction of sp³-hybridized carbons (Fsp3) is 0.476. The zero-order chi connectivity index (χ0) is 17.9. The Hall–Kier alpha value is -1.87. The number of amides is 1. The van der Waals surface area contributed by atoms with Crippen LogP contribution < -0.4 is 5.32 Å². The second kappa shape index (κ2) is 10.8. The number of benzene rings is 2. The lowest BCUT2D eigenvalue weighted by atomic mass is 10.0. The SMILES string of the molecule is CC.CCc1ccc2cc(C(=O)NCCN(CC)CC)ccc2c1. The third-order valence-corrected chi connectivity index (χ3v) is 4.18. The lowest BCUT2D eigenvalue weighted by molar-refractivity contribution is 0.0949. The van der Waals surface area contributed by atoms with Gasteiger partial charge in [-0.15, -0.1) is 0 Å². The normalized spacial score (nSPS) is 10.4. The summed E-state index contributed by atoms with van der Waals surface area (Å²) in [7, 11) is 0. The Morgan fingerprint density at radius 2 is 1.58 bits per heavy atom. The van der Waals surface area contributed by atoms with Gasteiger partial charge in [0.25, 0.3) is 5.91 Å². The molecule has 0 radical (unpaired) electrons. The number of hydrogen-bond donors (Lipinski definition) is 1. The molecule has 0 unspecified atom stereocenters. The van der Waals surface area contributed by atoms with Gasteiger partial charge in [0, 0.05) is 18.7 Å². The number of carbonyl (C=O) groups excluding carboxylic acids is 1. The fourth-order valence-electron chi connectivity index (χ4n) is 2.63. The highest BCUT2D eigenvalue weighted by atomic mass is 16.1. The van der Waals surface area contributed by atoms with Crippen LogP contribution in [-0.2, 0) is 6.42 Å². The quantitative estimate of drug-likeness (QED) is 0.811. The Labute approximate surface area is 147 Å². The molecular weight excluding hydrogens is 296 g/mol. The Bertz CT molecular complexity index is 633. The highest BCUT2D eigenvalue weighted by Gasteiger charge is 2.07. The average Bonchev–Trinajstić information content (AvgIpc) is 2.65. The smallest absolute Gasteiger partial charge is 0.251 e. The van der Waals surface area contributed by atoms with E-state index >= 15 is 0 Å². The van der Waals surface area contributed by atoms with Crippen molar-refractivity contribution in [3.63, 3.8) is 0 Å². The molecule has 24 heavy (non-hydrogen) atoms. The number of nitrogens with one attached hydrogen (secondary N) is 1. The van der Waals surface area contributed by atoms with Gasteiger partial charge in [0.15, 0.2) is 0 Å². The van der Waals surface area contributed by atoms with Crippen LogP contribution in [0, 0.1) is 0 Å². The van der Waals surface area contributed by atoms with E-state index in [9.17, 15) is 4.79 Å². The van der Waals surface area contributed by atoms with Gasteiger partial charge in [-0.2, -0.15) is 0 Å². The molecule has 2 aromatic rings. The van der Waals surface area contributed by atoms with Crippen molar-refractivity contribution in [3.05, 3.63) is 47.5 Å². The Kier molecular flexibility index (Phi) is 9.10. The van der Waals surface area contributed by atoms with E-state index in [-0.39, 0.29) is 5.91 Å². The van der Waals surface area contributed by atoms with E-state index in [0.29, 0.717) is 6.54 Å². The van der Waals surface area contributed by atoms with Gasteiger partial charge in [0.2, 0.25) is 0 Å². The Morgan fingerprint density at radius 3 is 2.21 bits per heavy atom. The molecule has 3 nitrogen and oxygen atoms in total. The second-order valence-corrected chi connectivity index (χ2v) is 5.53. The lowest BCUT2D eigenvalue weighted by Crippen LogP contribution is -2.34. The molecule has 0 aliphatic rings. The summed E-state index contributed by atoms with van der Waals surface area (Å²) < 4.78 is 0. The maximum absolute atomic E-state index is 12.2. The standard InChI is InChI=1S/C19H26N2O.C2H6/c1-4-15-7-8-17-14-18(10-9-16(17)13-15)19(22)20-11-12-21(5-2)6-3;1-2/h7-10,13-14H,4-6,11-12H2,1-3H3,(H,20,22);1-2H3. The molecule has 0 atom stereocenters. The predicted molar refractivity (Wildman–Crippen MR) is 105 cm³/mol. The minimum atomic E-state index is 0.00799. The molecule has 0 heterocycles. The van der Waals surface area contributed by atoms with Gasteiger partial charge in [-0.3, -0.25) is 4.79 Å². The summed E-state index contributed by atoms with van der Waals surface area (Å²) in [6.45, 7) is 14.0. The summed E-state index contributed by atoms with van der Waals surface area (Å²) in [4.78, 5) is 14.5. The molecule has 2 rings (SSSR count). The Balaban J connectivity index is 0.00000139. The van der Waals surface area contributed by atoms with Crippen LogP contribution in [0.15, 0.2) is 36.4 Å². The van der Waals surface area contributed by atoms with Crippen molar-refractivity contribution in [2.24, 2.45) is 0 Å². The van der Waals surface area contributed by atoms with Crippen LogP contribution in [0.5, 0.6) is 0 Å². The van der Waals surface area contributed by atoms with Crippen LogP contribution in [0.25, 0.3) is 10.8 Å². The fourth-order valence-corrected chi connectivity index (χ4v) is 2.63. The van der Waals surface area contributed by atoms with Gasteiger partial charge in [0.05, 0.1) is 0 Å². The molecular formula is C21H32N2O. The van der Waals surface area contributed by atoms with E-state index in [1.165, 1.54) is 10.9 Å². The molecule has 3 heteroatoms. The van der Waals surface area contributed by atoms with E-state index in [4.69, 9.17) is 0 Å². The summed E-state index contributed by atoms with van der Waals surface area (Å²) in [6, 6.07) is 12.3. The van der Waals surface area contributed by atoms with Crippen molar-refractivity contribution in [2.75, 3.05) is 26.2 Å². The number of likely N-dealkylation sites (N-methyl/N-ethyl adjacent to an activating group) is 1. The third kappa shape index (κ3) is 5.64. The van der Waals surface area contributed by atoms with Crippen LogP contribution in [0.4, 0.5) is 0 Å². The van der Waals surface area contributed by atoms with Crippen molar-refractivity contribution in [1.29, 1.82) is 0 Å². The minimum absolute atomic E-state index is 0.00799. The maximum Gasteiger partial charge on any atom is 0.251 e. The molecule has 2 aromatic carbocycles. The average molecular weight is 329 g/mol. The molecule has 132 valence electrons. The largest absolute Gasteiger partial charge is 0.351 e. The van der Waals surface area contributed by atoms with Crippen LogP contribution in [0.1, 0.15) is 50.5 Å². The summed E-state index contributed by atoms with van der Waals surface area (Å²) in [6.07, 6.45) is 1.03. The van der Waals surface area contributed by atoms with Crippen molar-refractivity contribution in [2.45, 2.75) is 41.0 Å². The highest BCUT2D eigenvalue weighted by molar-refractivity contribution is 5.98. The van der Waals surface area contributed by atoms with Crippen molar-refractivity contribution in [1.82, 2.24) is 10.2 Å². The van der Waals surface area contributed by atoms with E-state index in [1.54, 1.807) is 0 Å². The lowest BCUT2D eigenvalue weighted by Gasteiger charge is -2.18. The van der Waals surface area contributed by atoms with Crippen molar-refractivity contribution >= 4 is 16.7 Å². The van der Waals surface area contributed by atoms with Gasteiger partial charge >= 0.3 is 0 Å². The first-order valence-corrected chi connectivity index (χ1v) is 9.21. The predicted octanol–water partition coefficient (Wildman–Crippen LogP) is 4.50. The number of fused-ring (bicyclic) bond motifs is 1. The van der Waals surface area contributed by atoms with Gasteiger partial charge in [0.1, 0.15) is 0 Å². The zero-order valence-electron chi connectivity index (χ0n) is 15.9. The Morgan fingerprint density at radius 1 is 0.958 bits per heavy atom. The summed E-state index contributed by atoms with van der Waals surface area (Å²) >= 11 is 0. The highest BCUT2D eigenvalue weighted by Crippen LogP contribution is 2.18. The number of hydrogen-bond acceptors (Lipinski definition) is 2. The van der Waals surface area contributed by atoms with Crippen molar-refractivity contribution < 1.29 is 4.79 Å². The molecule has 1 amide bonds. The van der Waals surface area contributed by atoms with Crippen LogP contribution in [-0.4, -0.2) is 37.0 Å². The number of carbonyl (C=O) groups is 1. The first-order valence-electron chi connectivity index (χ1n) is 9.21. The molecule has 0 saturated heterocycles. The first kappa shape index (κ1) is 20.2. The van der Waals surface area contributed by atoms with Gasteiger partial charge in [-0.05, 0) is 48.0 Å². The van der Waals surface area contributed by atoms with E-state index in [0.717, 1.165) is 37.0 Å². The van der Waals surface area contributed by atoms with Gasteiger partial charge in [-0.25, -0.2) is 0 Å². The summed E-state index contributed by atoms with van der Waals surface area (Å²) in [5.74, 6) is 0.00799. The molecule has 0 aliphatic heterocycles. The van der Waals surface area contributed by atoms with Crippen LogP contribution >= 0.6 is 0 Å². The summed E-state index contributed by atoms with van der Waals surface area (Å²) in [5.41, 5.74) is 2.06. The second-order valence-electron chi connectivity index (χ2n) is 5.53. The van der Waals surface area contributed by atoms with Crippen LogP contribution in [0.3, 0.4) is 0 Å². The maximum atomic E-state index is 12.2.